The molecule has 0 radical (unpaired) electrons. The molecular formula is C9H13I2N3O2. The second kappa shape index (κ2) is 5.63. The third-order valence-electron chi connectivity index (χ3n) is 2.32. The van der Waals surface area contributed by atoms with Crippen LogP contribution in [0.25, 0.3) is 0 Å². The van der Waals surface area contributed by atoms with E-state index in [0.29, 0.717) is 6.42 Å². The van der Waals surface area contributed by atoms with Crippen molar-refractivity contribution >= 4 is 51.2 Å². The number of carboxylic acids is 1. The van der Waals surface area contributed by atoms with Crippen LogP contribution in [0.1, 0.15) is 19.8 Å². The number of nitrogens with two attached hydrogens (primary N) is 1. The third-order valence-corrected chi connectivity index (χ3v) is 5.27. The summed E-state index contributed by atoms with van der Waals surface area (Å²) in [6.07, 6.45) is 2.94. The van der Waals surface area contributed by atoms with Crippen LogP contribution < -0.4 is 5.73 Å². The lowest BCUT2D eigenvalue weighted by Crippen LogP contribution is -2.44. The molecule has 0 fully saturated rings. The number of rotatable bonds is 5. The highest BCUT2D eigenvalue weighted by Gasteiger charge is 2.26. The minimum atomic E-state index is -1.14. The maximum atomic E-state index is 10.8. The second-order valence-corrected chi connectivity index (χ2v) is 5.89. The number of carbonyl (C=O) groups is 1. The predicted octanol–water partition coefficient (Wildman–Crippen LogP) is 1.67. The van der Waals surface area contributed by atoms with Gasteiger partial charge in [-0.05, 0) is 64.9 Å². The molecule has 1 aromatic heterocycles. The van der Waals surface area contributed by atoms with Gasteiger partial charge < -0.3 is 15.4 Å². The molecule has 0 saturated carbocycles. The first-order valence-electron chi connectivity index (χ1n) is 4.73. The number of hydrogen-bond donors (Lipinski definition) is 2. The van der Waals surface area contributed by atoms with Gasteiger partial charge in [0.25, 0.3) is 0 Å². The average molecular weight is 449 g/mol. The molecule has 1 atom stereocenters. The van der Waals surface area contributed by atoms with Crippen LogP contribution in [-0.2, 0) is 11.3 Å². The van der Waals surface area contributed by atoms with Gasteiger partial charge in [0.15, 0.2) is 0 Å². The molecule has 0 aliphatic rings. The Hall–Kier alpha value is 0.1000. The fourth-order valence-corrected chi connectivity index (χ4v) is 2.16. The van der Waals surface area contributed by atoms with E-state index in [-0.39, 0.29) is 0 Å². The van der Waals surface area contributed by atoms with Gasteiger partial charge in [-0.25, -0.2) is 4.98 Å². The van der Waals surface area contributed by atoms with Crippen molar-refractivity contribution in [3.63, 3.8) is 0 Å². The summed E-state index contributed by atoms with van der Waals surface area (Å²) in [5.74, 6) is -0.956. The van der Waals surface area contributed by atoms with Gasteiger partial charge in [0.2, 0.25) is 0 Å². The fourth-order valence-electron chi connectivity index (χ4n) is 1.22. The van der Waals surface area contributed by atoms with Gasteiger partial charge in [-0.3, -0.25) is 4.79 Å². The number of aryl methyl sites for hydroxylation is 1. The number of aliphatic carboxylic acids is 1. The number of nitrogens with zero attached hydrogens (tertiary/aromatic N) is 2. The van der Waals surface area contributed by atoms with E-state index >= 15 is 0 Å². The van der Waals surface area contributed by atoms with Gasteiger partial charge in [0.1, 0.15) is 12.9 Å². The van der Waals surface area contributed by atoms with Crippen molar-refractivity contribution in [1.82, 2.24) is 9.55 Å². The van der Waals surface area contributed by atoms with Crippen LogP contribution in [0.4, 0.5) is 0 Å². The monoisotopic (exact) mass is 449 g/mol. The van der Waals surface area contributed by atoms with Gasteiger partial charge in [0.05, 0.1) is 6.33 Å². The Morgan fingerprint density at radius 1 is 1.69 bits per heavy atom. The lowest BCUT2D eigenvalue weighted by atomic mass is 9.98. The summed E-state index contributed by atoms with van der Waals surface area (Å²) in [5, 5.41) is 8.85. The predicted molar refractivity (Wildman–Crippen MR) is 77.1 cm³/mol. The molecule has 1 rings (SSSR count). The minimum absolute atomic E-state index is 0.452. The Balaban J connectivity index is 2.48. The Labute approximate surface area is 121 Å². The molecule has 1 heterocycles. The number of hydrogen-bond acceptors (Lipinski definition) is 3. The van der Waals surface area contributed by atoms with Gasteiger partial charge in [-0.1, -0.05) is 0 Å². The molecule has 0 saturated heterocycles. The van der Waals surface area contributed by atoms with Crippen molar-refractivity contribution in [2.45, 2.75) is 31.8 Å². The van der Waals surface area contributed by atoms with E-state index in [9.17, 15) is 4.79 Å². The normalized spacial score (nSPS) is 14.8. The summed E-state index contributed by atoms with van der Waals surface area (Å²) < 4.78 is 4.04. The number of carboxylic acid groups (broad SMARTS) is 1. The molecule has 1 unspecified atom stereocenters. The number of aromatic nitrogens is 2. The van der Waals surface area contributed by atoms with E-state index in [1.165, 1.54) is 6.92 Å². The quantitative estimate of drug-likeness (QED) is 0.671. The summed E-state index contributed by atoms with van der Waals surface area (Å²) in [5.41, 5.74) is 4.50. The lowest BCUT2D eigenvalue weighted by molar-refractivity contribution is -0.142. The van der Waals surface area contributed by atoms with Crippen LogP contribution in [0, 0.1) is 7.40 Å². The molecule has 3 N–H and O–H groups in total. The van der Waals surface area contributed by atoms with Crippen LogP contribution in [-0.4, -0.2) is 26.2 Å². The molecule has 0 spiro atoms. The minimum Gasteiger partial charge on any atom is -0.480 e. The van der Waals surface area contributed by atoms with Crippen LogP contribution in [0.15, 0.2) is 6.33 Å². The first-order valence-corrected chi connectivity index (χ1v) is 6.89. The van der Waals surface area contributed by atoms with Crippen molar-refractivity contribution in [2.24, 2.45) is 5.73 Å². The molecule has 0 amide bonds. The first kappa shape index (κ1) is 14.2. The topological polar surface area (TPSA) is 81.1 Å². The van der Waals surface area contributed by atoms with E-state index in [2.05, 4.69) is 50.2 Å². The van der Waals surface area contributed by atoms with E-state index in [0.717, 1.165) is 20.4 Å². The van der Waals surface area contributed by atoms with Gasteiger partial charge in [0, 0.05) is 6.54 Å². The van der Waals surface area contributed by atoms with Crippen molar-refractivity contribution in [2.75, 3.05) is 0 Å². The molecule has 0 aliphatic carbocycles. The summed E-state index contributed by atoms with van der Waals surface area (Å²) in [6.45, 7) is 2.28. The Morgan fingerprint density at radius 3 is 2.75 bits per heavy atom. The van der Waals surface area contributed by atoms with E-state index in [1.807, 2.05) is 4.57 Å². The summed E-state index contributed by atoms with van der Waals surface area (Å²) in [4.78, 5) is 14.9. The maximum Gasteiger partial charge on any atom is 0.323 e. The zero-order chi connectivity index (χ0) is 12.3. The molecule has 7 heteroatoms. The standard InChI is InChI=1S/C9H13I2N3O2/c1-9(12,8(15)16)3-2-4-14-5-13-6(10)7(14)11/h5H,2-4,12H2,1H3,(H,15,16). The third kappa shape index (κ3) is 3.55. The summed E-state index contributed by atoms with van der Waals surface area (Å²) >= 11 is 4.38. The molecule has 5 nitrogen and oxygen atoms in total. The highest BCUT2D eigenvalue weighted by molar-refractivity contribution is 14.1. The van der Waals surface area contributed by atoms with E-state index in [1.54, 1.807) is 6.33 Å². The Bertz CT molecular complexity index is 390. The van der Waals surface area contributed by atoms with Crippen LogP contribution in [0.5, 0.6) is 0 Å². The van der Waals surface area contributed by atoms with Gasteiger partial charge >= 0.3 is 5.97 Å². The molecule has 0 aliphatic heterocycles. The fraction of sp³-hybridized carbons (Fsp3) is 0.556. The Kier molecular flexibility index (Phi) is 4.98. The summed E-state index contributed by atoms with van der Waals surface area (Å²) in [7, 11) is 0. The second-order valence-electron chi connectivity index (χ2n) is 3.85. The Morgan fingerprint density at radius 2 is 2.31 bits per heavy atom. The van der Waals surface area contributed by atoms with Crippen molar-refractivity contribution in [3.8, 4) is 0 Å². The van der Waals surface area contributed by atoms with Crippen molar-refractivity contribution in [3.05, 3.63) is 13.7 Å². The van der Waals surface area contributed by atoms with Gasteiger partial charge in [-0.15, -0.1) is 0 Å². The molecule has 0 bridgehead atoms. The van der Waals surface area contributed by atoms with Gasteiger partial charge in [-0.2, -0.15) is 0 Å². The summed E-state index contributed by atoms with van der Waals surface area (Å²) in [6, 6.07) is 0. The molecule has 1 aromatic rings. The number of halogens is 2. The molecule has 16 heavy (non-hydrogen) atoms. The van der Waals surface area contributed by atoms with Crippen molar-refractivity contribution in [1.29, 1.82) is 0 Å². The molecule has 0 aromatic carbocycles. The zero-order valence-electron chi connectivity index (χ0n) is 8.78. The number of imidazole rings is 1. The van der Waals surface area contributed by atoms with Crippen LogP contribution in [0.2, 0.25) is 0 Å². The molecular weight excluding hydrogens is 436 g/mol. The highest BCUT2D eigenvalue weighted by Crippen LogP contribution is 2.15. The average Bonchev–Trinajstić information content (AvgIpc) is 2.49. The highest BCUT2D eigenvalue weighted by atomic mass is 127. The zero-order valence-corrected chi connectivity index (χ0v) is 13.1. The maximum absolute atomic E-state index is 10.8. The van der Waals surface area contributed by atoms with E-state index < -0.39 is 11.5 Å². The SMILES string of the molecule is CC(N)(CCCn1cnc(I)c1I)C(=O)O. The molecule has 90 valence electrons. The van der Waals surface area contributed by atoms with Crippen molar-refractivity contribution < 1.29 is 9.90 Å². The van der Waals surface area contributed by atoms with E-state index in [4.69, 9.17) is 10.8 Å². The van der Waals surface area contributed by atoms with Crippen LogP contribution >= 0.6 is 45.2 Å². The first-order chi connectivity index (χ1) is 7.34. The van der Waals surface area contributed by atoms with Crippen LogP contribution in [0.3, 0.4) is 0 Å². The smallest absolute Gasteiger partial charge is 0.323 e. The largest absolute Gasteiger partial charge is 0.480 e. The lowest BCUT2D eigenvalue weighted by Gasteiger charge is -2.18.